The molecular weight excluding hydrogens is 366 g/mol. The van der Waals surface area contributed by atoms with Crippen LogP contribution in [0.2, 0.25) is 0 Å². The SMILES string of the molecule is COc1ccnc(C2(n3cnc(S(=O)(=O)N[N+](=O)[O-])n3)C=CC=CC2)n1. The van der Waals surface area contributed by atoms with Crippen LogP contribution in [-0.4, -0.2) is 45.3 Å². The van der Waals surface area contributed by atoms with Crippen molar-refractivity contribution in [1.29, 1.82) is 0 Å². The number of methoxy groups -OCH3 is 1. The minimum absolute atomic E-state index is 0.300. The van der Waals surface area contributed by atoms with E-state index in [9.17, 15) is 18.5 Å². The predicted octanol–water partition coefficient (Wildman–Crippen LogP) is -0.194. The Morgan fingerprint density at radius 3 is 2.85 bits per heavy atom. The van der Waals surface area contributed by atoms with Gasteiger partial charge in [0.1, 0.15) is 11.9 Å². The van der Waals surface area contributed by atoms with Crippen molar-refractivity contribution in [3.05, 3.63) is 58.8 Å². The molecule has 2 heterocycles. The smallest absolute Gasteiger partial charge is 0.348 e. The van der Waals surface area contributed by atoms with Crippen molar-refractivity contribution in [2.24, 2.45) is 0 Å². The van der Waals surface area contributed by atoms with E-state index in [0.29, 0.717) is 18.1 Å². The van der Waals surface area contributed by atoms with E-state index in [2.05, 4.69) is 20.1 Å². The molecule has 3 rings (SSSR count). The van der Waals surface area contributed by atoms with E-state index in [1.165, 1.54) is 22.8 Å². The van der Waals surface area contributed by atoms with Gasteiger partial charge in [0.2, 0.25) is 5.88 Å². The van der Waals surface area contributed by atoms with E-state index < -0.39 is 25.8 Å². The molecule has 1 N–H and O–H groups in total. The third-order valence-electron chi connectivity index (χ3n) is 3.59. The lowest BCUT2D eigenvalue weighted by Gasteiger charge is -2.29. The molecule has 0 saturated carbocycles. The van der Waals surface area contributed by atoms with Gasteiger partial charge in [0.05, 0.1) is 7.11 Å². The van der Waals surface area contributed by atoms with E-state index in [0.717, 1.165) is 6.33 Å². The Hall–Kier alpha value is -3.35. The highest BCUT2D eigenvalue weighted by Gasteiger charge is 2.38. The first kappa shape index (κ1) is 17.5. The molecule has 1 aliphatic carbocycles. The number of aromatic nitrogens is 5. The van der Waals surface area contributed by atoms with Crippen LogP contribution in [-0.2, 0) is 15.6 Å². The topological polar surface area (TPSA) is 155 Å². The number of nitrogens with one attached hydrogen (secondary N) is 1. The average molecular weight is 379 g/mol. The van der Waals surface area contributed by atoms with Gasteiger partial charge in [0.25, 0.3) is 5.16 Å². The van der Waals surface area contributed by atoms with Gasteiger partial charge in [-0.15, -0.1) is 5.10 Å². The number of sulfonamides is 1. The second-order valence-electron chi connectivity index (χ2n) is 5.16. The molecule has 0 aliphatic heterocycles. The molecule has 26 heavy (non-hydrogen) atoms. The number of rotatable bonds is 6. The van der Waals surface area contributed by atoms with Crippen LogP contribution < -0.4 is 9.57 Å². The Morgan fingerprint density at radius 2 is 2.19 bits per heavy atom. The molecule has 1 aliphatic rings. The van der Waals surface area contributed by atoms with Gasteiger partial charge in [0.15, 0.2) is 10.9 Å². The maximum Gasteiger partial charge on any atom is 0.348 e. The molecular formula is C13H13N7O5S. The molecule has 136 valence electrons. The largest absolute Gasteiger partial charge is 0.481 e. The Balaban J connectivity index is 2.09. The molecule has 2 aromatic rings. The van der Waals surface area contributed by atoms with Crippen molar-refractivity contribution in [2.45, 2.75) is 17.1 Å². The standard InChI is InChI=1S/C13H13N7O5S/c1-25-10-5-8-14-11(16-10)13(6-3-2-4-7-13)19-9-15-12(17-19)26(23,24)18-20(21)22/h2-6,8-9,18H,7H2,1H3. The van der Waals surface area contributed by atoms with Crippen LogP contribution in [0.3, 0.4) is 0 Å². The van der Waals surface area contributed by atoms with Crippen LogP contribution in [0, 0.1) is 10.1 Å². The summed E-state index contributed by atoms with van der Waals surface area (Å²) < 4.78 is 30.2. The molecule has 1 unspecified atom stereocenters. The molecule has 0 aromatic carbocycles. The summed E-state index contributed by atoms with van der Waals surface area (Å²) in [5.74, 6) is 0.619. The van der Waals surface area contributed by atoms with Gasteiger partial charge in [-0.25, -0.2) is 24.8 Å². The van der Waals surface area contributed by atoms with Gasteiger partial charge in [-0.2, -0.15) is 13.4 Å². The monoisotopic (exact) mass is 379 g/mol. The van der Waals surface area contributed by atoms with Gasteiger partial charge in [-0.1, -0.05) is 18.2 Å². The van der Waals surface area contributed by atoms with Crippen molar-refractivity contribution < 1.29 is 18.2 Å². The summed E-state index contributed by atoms with van der Waals surface area (Å²) in [4.78, 5) is 23.9. The fourth-order valence-corrected chi connectivity index (χ4v) is 3.07. The van der Waals surface area contributed by atoms with E-state index in [1.54, 1.807) is 24.3 Å². The summed E-state index contributed by atoms with van der Waals surface area (Å²) in [5.41, 5.74) is -1.06. The number of hydrogen-bond donors (Lipinski definition) is 1. The van der Waals surface area contributed by atoms with Crippen LogP contribution in [0.4, 0.5) is 0 Å². The normalized spacial score (nSPS) is 19.3. The Morgan fingerprint density at radius 1 is 1.38 bits per heavy atom. The fraction of sp³-hybridized carbons (Fsp3) is 0.231. The van der Waals surface area contributed by atoms with Crippen LogP contribution in [0.1, 0.15) is 12.2 Å². The zero-order valence-corrected chi connectivity index (χ0v) is 14.2. The van der Waals surface area contributed by atoms with Crippen molar-refractivity contribution in [2.75, 3.05) is 7.11 Å². The highest BCUT2D eigenvalue weighted by Crippen LogP contribution is 2.32. The van der Waals surface area contributed by atoms with Crippen LogP contribution in [0.25, 0.3) is 0 Å². The quantitative estimate of drug-likeness (QED) is 0.531. The molecule has 0 spiro atoms. The molecule has 12 nitrogen and oxygen atoms in total. The summed E-state index contributed by atoms with van der Waals surface area (Å²) in [7, 11) is -3.04. The number of nitro groups is 1. The molecule has 0 fully saturated rings. The molecule has 2 aromatic heterocycles. The van der Waals surface area contributed by atoms with Gasteiger partial charge < -0.3 is 4.74 Å². The van der Waals surface area contributed by atoms with Gasteiger partial charge >= 0.3 is 10.0 Å². The predicted molar refractivity (Wildman–Crippen MR) is 85.9 cm³/mol. The zero-order chi connectivity index (χ0) is 18.8. The number of hydrazine groups is 1. The molecule has 1 atom stereocenters. The lowest BCUT2D eigenvalue weighted by molar-refractivity contribution is -0.518. The second-order valence-corrected chi connectivity index (χ2v) is 6.72. The minimum atomic E-state index is -4.50. The molecule has 0 amide bonds. The molecule has 0 saturated heterocycles. The molecule has 13 heteroatoms. The Labute approximate surface area is 147 Å². The first-order valence-corrected chi connectivity index (χ1v) is 8.66. The summed E-state index contributed by atoms with van der Waals surface area (Å²) >= 11 is 0. The molecule has 0 radical (unpaired) electrons. The van der Waals surface area contributed by atoms with E-state index in [-0.39, 0.29) is 0 Å². The highest BCUT2D eigenvalue weighted by molar-refractivity contribution is 7.89. The van der Waals surface area contributed by atoms with E-state index in [4.69, 9.17) is 4.74 Å². The minimum Gasteiger partial charge on any atom is -0.481 e. The first-order chi connectivity index (χ1) is 12.4. The van der Waals surface area contributed by atoms with Crippen LogP contribution >= 0.6 is 0 Å². The van der Waals surface area contributed by atoms with Crippen LogP contribution in [0.15, 0.2) is 48.1 Å². The van der Waals surface area contributed by atoms with E-state index >= 15 is 0 Å². The summed E-state index contributed by atoms with van der Waals surface area (Å²) in [5, 5.41) is 12.4. The lowest BCUT2D eigenvalue weighted by atomic mass is 9.90. The fourth-order valence-electron chi connectivity index (χ4n) is 2.41. The van der Waals surface area contributed by atoms with Crippen molar-refractivity contribution in [1.82, 2.24) is 29.6 Å². The number of ether oxygens (including phenoxy) is 1. The second kappa shape index (κ2) is 6.51. The highest BCUT2D eigenvalue weighted by atomic mass is 32.2. The maximum atomic E-state index is 11.9. The number of allylic oxidation sites excluding steroid dienone is 4. The van der Waals surface area contributed by atoms with Crippen molar-refractivity contribution in [3.63, 3.8) is 0 Å². The zero-order valence-electron chi connectivity index (χ0n) is 13.4. The third-order valence-corrected chi connectivity index (χ3v) is 4.65. The van der Waals surface area contributed by atoms with Crippen LogP contribution in [0.5, 0.6) is 5.88 Å². The average Bonchev–Trinajstić information content (AvgIpc) is 3.13. The molecule has 0 bridgehead atoms. The first-order valence-electron chi connectivity index (χ1n) is 7.18. The summed E-state index contributed by atoms with van der Waals surface area (Å²) in [6, 6.07) is 1.57. The van der Waals surface area contributed by atoms with Gasteiger partial charge in [0, 0.05) is 18.7 Å². The van der Waals surface area contributed by atoms with E-state index in [1.807, 2.05) is 6.08 Å². The van der Waals surface area contributed by atoms with Crippen molar-refractivity contribution >= 4 is 10.0 Å². The number of hydrogen-bond acceptors (Lipinski definition) is 9. The third kappa shape index (κ3) is 3.11. The maximum absolute atomic E-state index is 11.9. The van der Waals surface area contributed by atoms with Crippen molar-refractivity contribution in [3.8, 4) is 5.88 Å². The Bertz CT molecular complexity index is 1000. The van der Waals surface area contributed by atoms with Gasteiger partial charge in [-0.3, -0.25) is 0 Å². The number of nitrogens with zero attached hydrogens (tertiary/aromatic N) is 6. The Kier molecular flexibility index (Phi) is 4.38. The lowest BCUT2D eigenvalue weighted by Crippen LogP contribution is -2.36. The summed E-state index contributed by atoms with van der Waals surface area (Å²) in [6.45, 7) is 0. The summed E-state index contributed by atoms with van der Waals surface area (Å²) in [6.07, 6.45) is 10.1. The van der Waals surface area contributed by atoms with Gasteiger partial charge in [-0.05, 0) is 10.9 Å².